The maximum absolute atomic E-state index is 12.4. The molecular weight excluding hydrogens is 372 g/mol. The van der Waals surface area contributed by atoms with Gasteiger partial charge < -0.3 is 0 Å². The van der Waals surface area contributed by atoms with Crippen LogP contribution in [0.2, 0.25) is 0 Å². The normalized spacial score (nSPS) is 12.2. The minimum absolute atomic E-state index is 0.0758. The van der Waals surface area contributed by atoms with Gasteiger partial charge in [-0.25, -0.2) is 0 Å². The van der Waals surface area contributed by atoms with Crippen LogP contribution in [0.25, 0.3) is 0 Å². The summed E-state index contributed by atoms with van der Waals surface area (Å²) in [5, 5.41) is 0. The Bertz CT molecular complexity index is 872. The quantitative estimate of drug-likeness (QED) is 0.308. The van der Waals surface area contributed by atoms with Crippen molar-refractivity contribution in [2.45, 2.75) is 19.4 Å². The molecule has 5 heteroatoms. The third-order valence-corrected chi connectivity index (χ3v) is 5.69. The van der Waals surface area contributed by atoms with Crippen molar-refractivity contribution in [3.05, 3.63) is 108 Å². The Labute approximate surface area is 166 Å². The summed E-state index contributed by atoms with van der Waals surface area (Å²) in [5.74, 6) is -0.199. The Morgan fingerprint density at radius 3 is 1.39 bits per heavy atom. The fourth-order valence-corrected chi connectivity index (χ4v) is 4.28. The van der Waals surface area contributed by atoms with E-state index in [1.165, 1.54) is 0 Å². The highest BCUT2D eigenvalue weighted by atomic mass is 32.2. The number of hydrogen-bond acceptors (Lipinski definition) is 4. The van der Waals surface area contributed by atoms with E-state index in [4.69, 9.17) is 9.22 Å². The van der Waals surface area contributed by atoms with Crippen molar-refractivity contribution in [3.63, 3.8) is 0 Å². The van der Waals surface area contributed by atoms with Crippen molar-refractivity contribution in [1.29, 1.82) is 0 Å². The topological polar surface area (TPSA) is 52.6 Å². The second-order valence-electron chi connectivity index (χ2n) is 7.05. The van der Waals surface area contributed by atoms with E-state index in [0.717, 1.165) is 16.7 Å². The molecule has 3 rings (SSSR count). The standard InChI is InChI=1S/C23H24O4S/c1-19(2)18-28(24,25)27-26-23(20-12-6-3-7-13-20,21-14-8-4-9-15-21)22-16-10-5-11-17-22/h3-17,19H,18H2,1-2H3. The fourth-order valence-electron chi connectivity index (χ4n) is 3.20. The Balaban J connectivity index is 2.17. The average molecular weight is 397 g/mol. The van der Waals surface area contributed by atoms with Crippen LogP contribution in [0.15, 0.2) is 91.0 Å². The molecular formula is C23H24O4S. The second-order valence-corrected chi connectivity index (χ2v) is 8.63. The van der Waals surface area contributed by atoms with Crippen molar-refractivity contribution in [1.82, 2.24) is 0 Å². The lowest BCUT2D eigenvalue weighted by atomic mass is 9.80. The monoisotopic (exact) mass is 396 g/mol. The third kappa shape index (κ3) is 4.50. The highest BCUT2D eigenvalue weighted by molar-refractivity contribution is 7.86. The first-order valence-corrected chi connectivity index (χ1v) is 10.8. The maximum atomic E-state index is 12.4. The Kier molecular flexibility index (Phi) is 6.29. The number of rotatable bonds is 8. The first-order valence-electron chi connectivity index (χ1n) is 9.20. The van der Waals surface area contributed by atoms with Crippen LogP contribution in [0.5, 0.6) is 0 Å². The van der Waals surface area contributed by atoms with E-state index in [2.05, 4.69) is 0 Å². The predicted octanol–water partition coefficient (Wildman–Crippen LogP) is 4.91. The van der Waals surface area contributed by atoms with Crippen LogP contribution < -0.4 is 0 Å². The van der Waals surface area contributed by atoms with Crippen molar-refractivity contribution < 1.29 is 17.6 Å². The summed E-state index contributed by atoms with van der Waals surface area (Å²) in [6.45, 7) is 3.64. The van der Waals surface area contributed by atoms with Crippen LogP contribution >= 0.6 is 0 Å². The molecule has 146 valence electrons. The van der Waals surface area contributed by atoms with Gasteiger partial charge in [0.25, 0.3) is 10.1 Å². The SMILES string of the molecule is CC(C)CS(=O)(=O)OOC(c1ccccc1)(c1ccccc1)c1ccccc1. The molecule has 0 atom stereocenters. The molecule has 0 aliphatic carbocycles. The molecule has 0 aromatic heterocycles. The van der Waals surface area contributed by atoms with Gasteiger partial charge in [-0.1, -0.05) is 105 Å². The molecule has 4 nitrogen and oxygen atoms in total. The van der Waals surface area contributed by atoms with Crippen molar-refractivity contribution in [3.8, 4) is 0 Å². The fraction of sp³-hybridized carbons (Fsp3) is 0.217. The Morgan fingerprint density at radius 1 is 0.714 bits per heavy atom. The van der Waals surface area contributed by atoms with E-state index in [9.17, 15) is 8.42 Å². The first kappa shape index (κ1) is 20.3. The number of benzene rings is 3. The Hall–Kier alpha value is -2.47. The molecule has 0 unspecified atom stereocenters. The maximum Gasteiger partial charge on any atom is 0.293 e. The molecule has 0 N–H and O–H groups in total. The van der Waals surface area contributed by atoms with Crippen LogP contribution in [0, 0.1) is 5.92 Å². The zero-order valence-corrected chi connectivity index (χ0v) is 16.8. The van der Waals surface area contributed by atoms with Gasteiger partial charge in [0, 0.05) is 0 Å². The summed E-state index contributed by atoms with van der Waals surface area (Å²) in [6.07, 6.45) is 0. The van der Waals surface area contributed by atoms with Gasteiger partial charge in [-0.15, -0.1) is 4.33 Å². The van der Waals surface area contributed by atoms with Crippen molar-refractivity contribution in [2.24, 2.45) is 5.92 Å². The summed E-state index contributed by atoms with van der Waals surface area (Å²) in [4.78, 5) is 5.87. The molecule has 3 aromatic rings. The molecule has 0 aliphatic heterocycles. The van der Waals surface area contributed by atoms with E-state index < -0.39 is 15.7 Å². The molecule has 28 heavy (non-hydrogen) atoms. The molecule has 3 aromatic carbocycles. The van der Waals surface area contributed by atoms with Crippen LogP contribution in [0.1, 0.15) is 30.5 Å². The molecule has 0 aliphatic rings. The zero-order chi connectivity index (χ0) is 20.0. The van der Waals surface area contributed by atoms with Crippen molar-refractivity contribution >= 4 is 10.1 Å². The summed E-state index contributed by atoms with van der Waals surface area (Å²) in [6, 6.07) is 28.5. The van der Waals surface area contributed by atoms with Gasteiger partial charge in [-0.3, -0.25) is 0 Å². The highest BCUT2D eigenvalue weighted by Gasteiger charge is 2.40. The first-order chi connectivity index (χ1) is 13.4. The predicted molar refractivity (Wildman–Crippen MR) is 110 cm³/mol. The molecule has 0 heterocycles. The number of hydrogen-bond donors (Lipinski definition) is 0. The van der Waals surface area contributed by atoms with Crippen LogP contribution in [0.3, 0.4) is 0 Å². The molecule has 0 fully saturated rings. The average Bonchev–Trinajstić information content (AvgIpc) is 2.70. The molecule has 0 saturated heterocycles. The van der Waals surface area contributed by atoms with E-state index in [1.807, 2.05) is 105 Å². The smallest absolute Gasteiger partial charge is 0.198 e. The van der Waals surface area contributed by atoms with Gasteiger partial charge in [0.15, 0.2) is 5.60 Å². The Morgan fingerprint density at radius 2 is 1.07 bits per heavy atom. The van der Waals surface area contributed by atoms with Gasteiger partial charge in [0.2, 0.25) is 0 Å². The largest absolute Gasteiger partial charge is 0.293 e. The van der Waals surface area contributed by atoms with E-state index in [-0.39, 0.29) is 11.7 Å². The van der Waals surface area contributed by atoms with E-state index in [0.29, 0.717) is 0 Å². The summed E-state index contributed by atoms with van der Waals surface area (Å²) >= 11 is 0. The van der Waals surface area contributed by atoms with E-state index in [1.54, 1.807) is 0 Å². The minimum Gasteiger partial charge on any atom is -0.198 e. The third-order valence-electron chi connectivity index (χ3n) is 4.34. The minimum atomic E-state index is -3.86. The highest BCUT2D eigenvalue weighted by Crippen LogP contribution is 2.40. The summed E-state index contributed by atoms with van der Waals surface area (Å²) < 4.78 is 30.0. The molecule has 0 bridgehead atoms. The lowest BCUT2D eigenvalue weighted by molar-refractivity contribution is -0.265. The summed E-state index contributed by atoms with van der Waals surface area (Å²) in [5.41, 5.74) is 1.08. The van der Waals surface area contributed by atoms with Gasteiger partial charge >= 0.3 is 0 Å². The molecule has 0 spiro atoms. The van der Waals surface area contributed by atoms with Crippen LogP contribution in [0.4, 0.5) is 0 Å². The molecule has 0 amide bonds. The van der Waals surface area contributed by atoms with Crippen LogP contribution in [-0.2, 0) is 24.9 Å². The second kappa shape index (κ2) is 8.69. The van der Waals surface area contributed by atoms with Gasteiger partial charge in [-0.05, 0) is 22.6 Å². The summed E-state index contributed by atoms with van der Waals surface area (Å²) in [7, 11) is -3.86. The van der Waals surface area contributed by atoms with Gasteiger partial charge in [0.05, 0.1) is 5.75 Å². The zero-order valence-electron chi connectivity index (χ0n) is 16.0. The van der Waals surface area contributed by atoms with Crippen molar-refractivity contribution in [2.75, 3.05) is 5.75 Å². The van der Waals surface area contributed by atoms with E-state index >= 15 is 0 Å². The van der Waals surface area contributed by atoms with Crippen LogP contribution in [-0.4, -0.2) is 14.2 Å². The lowest BCUT2D eigenvalue weighted by Gasteiger charge is -2.33. The molecule has 0 saturated carbocycles. The van der Waals surface area contributed by atoms with Gasteiger partial charge in [-0.2, -0.15) is 13.3 Å². The molecule has 0 radical (unpaired) electrons. The van der Waals surface area contributed by atoms with Gasteiger partial charge in [0.1, 0.15) is 0 Å². The lowest BCUT2D eigenvalue weighted by Crippen LogP contribution is -2.34.